The number of hydrogen-bond acceptors (Lipinski definition) is 3. The van der Waals surface area contributed by atoms with Gasteiger partial charge >= 0.3 is 0 Å². The molecule has 1 aromatic rings. The molecule has 20 heavy (non-hydrogen) atoms. The van der Waals surface area contributed by atoms with Gasteiger partial charge in [-0.15, -0.1) is 12.4 Å². The van der Waals surface area contributed by atoms with Crippen LogP contribution >= 0.6 is 12.4 Å². The molecule has 0 saturated carbocycles. The van der Waals surface area contributed by atoms with Crippen LogP contribution in [0.2, 0.25) is 0 Å². The molecule has 0 fully saturated rings. The Hall–Kier alpha value is -1.03. The van der Waals surface area contributed by atoms with Crippen molar-refractivity contribution in [2.45, 2.75) is 32.9 Å². The van der Waals surface area contributed by atoms with E-state index in [0.29, 0.717) is 12.7 Å². The van der Waals surface area contributed by atoms with E-state index in [9.17, 15) is 0 Å². The SMILES string of the molecule is C=CCOc1ccc(CNCCCOC(C)C)cc1.Cl. The lowest BCUT2D eigenvalue weighted by Gasteiger charge is -2.09. The Bertz CT molecular complexity index is 352. The molecule has 0 atom stereocenters. The van der Waals surface area contributed by atoms with Crippen LogP contribution < -0.4 is 10.1 Å². The van der Waals surface area contributed by atoms with E-state index < -0.39 is 0 Å². The summed E-state index contributed by atoms with van der Waals surface area (Å²) in [6, 6.07) is 8.14. The first-order valence-electron chi connectivity index (χ1n) is 6.87. The number of benzene rings is 1. The summed E-state index contributed by atoms with van der Waals surface area (Å²) in [5, 5.41) is 3.40. The van der Waals surface area contributed by atoms with Crippen LogP contribution in [0.1, 0.15) is 25.8 Å². The van der Waals surface area contributed by atoms with Gasteiger partial charge in [0.15, 0.2) is 0 Å². The van der Waals surface area contributed by atoms with Gasteiger partial charge < -0.3 is 14.8 Å². The lowest BCUT2D eigenvalue weighted by Crippen LogP contribution is -2.17. The molecule has 1 aromatic carbocycles. The van der Waals surface area contributed by atoms with Crippen molar-refractivity contribution in [1.82, 2.24) is 5.32 Å². The summed E-state index contributed by atoms with van der Waals surface area (Å²) >= 11 is 0. The molecule has 0 aliphatic heterocycles. The third-order valence-electron chi connectivity index (χ3n) is 2.57. The summed E-state index contributed by atoms with van der Waals surface area (Å²) in [6.07, 6.45) is 3.11. The van der Waals surface area contributed by atoms with Crippen LogP contribution in [-0.4, -0.2) is 25.9 Å². The zero-order chi connectivity index (χ0) is 13.9. The van der Waals surface area contributed by atoms with Crippen molar-refractivity contribution in [2.75, 3.05) is 19.8 Å². The molecule has 0 spiro atoms. The van der Waals surface area contributed by atoms with Gasteiger partial charge in [-0.25, -0.2) is 0 Å². The Morgan fingerprint density at radius 3 is 2.55 bits per heavy atom. The second kappa shape index (κ2) is 11.8. The van der Waals surface area contributed by atoms with Gasteiger partial charge in [-0.1, -0.05) is 24.8 Å². The number of hydrogen-bond donors (Lipinski definition) is 1. The smallest absolute Gasteiger partial charge is 0.119 e. The largest absolute Gasteiger partial charge is 0.490 e. The molecule has 3 nitrogen and oxygen atoms in total. The fourth-order valence-corrected chi connectivity index (χ4v) is 1.61. The Kier molecular flexibility index (Phi) is 11.2. The molecule has 114 valence electrons. The summed E-state index contributed by atoms with van der Waals surface area (Å²) in [5.74, 6) is 0.883. The molecular weight excluding hydrogens is 274 g/mol. The maximum Gasteiger partial charge on any atom is 0.119 e. The molecule has 0 aliphatic carbocycles. The minimum atomic E-state index is 0. The Labute approximate surface area is 128 Å². The highest BCUT2D eigenvalue weighted by molar-refractivity contribution is 5.85. The molecule has 0 saturated heterocycles. The predicted molar refractivity (Wildman–Crippen MR) is 86.8 cm³/mol. The fourth-order valence-electron chi connectivity index (χ4n) is 1.61. The van der Waals surface area contributed by atoms with Gasteiger partial charge in [0, 0.05) is 13.2 Å². The first-order valence-corrected chi connectivity index (χ1v) is 6.87. The first-order chi connectivity index (χ1) is 9.22. The van der Waals surface area contributed by atoms with Gasteiger partial charge in [-0.3, -0.25) is 0 Å². The van der Waals surface area contributed by atoms with Crippen molar-refractivity contribution in [1.29, 1.82) is 0 Å². The van der Waals surface area contributed by atoms with Crippen LogP contribution in [0.25, 0.3) is 0 Å². The summed E-state index contributed by atoms with van der Waals surface area (Å²) in [6.45, 7) is 11.0. The molecule has 0 unspecified atom stereocenters. The average molecular weight is 300 g/mol. The van der Waals surface area contributed by atoms with Crippen molar-refractivity contribution >= 4 is 12.4 Å². The molecular formula is C16H26ClNO2. The highest BCUT2D eigenvalue weighted by Crippen LogP contribution is 2.11. The minimum Gasteiger partial charge on any atom is -0.490 e. The molecule has 0 bridgehead atoms. The zero-order valence-electron chi connectivity index (χ0n) is 12.4. The molecule has 0 amide bonds. The second-order valence-corrected chi connectivity index (χ2v) is 4.69. The number of halogens is 1. The second-order valence-electron chi connectivity index (χ2n) is 4.69. The molecule has 4 heteroatoms. The summed E-state index contributed by atoms with van der Waals surface area (Å²) in [5.41, 5.74) is 1.26. The summed E-state index contributed by atoms with van der Waals surface area (Å²) in [7, 11) is 0. The number of ether oxygens (including phenoxy) is 2. The molecule has 1 N–H and O–H groups in total. The quantitative estimate of drug-likeness (QED) is 0.529. The lowest BCUT2D eigenvalue weighted by atomic mass is 10.2. The maximum absolute atomic E-state index is 5.48. The predicted octanol–water partition coefficient (Wildman–Crippen LogP) is 3.58. The van der Waals surface area contributed by atoms with Gasteiger partial charge in [0.1, 0.15) is 12.4 Å². The highest BCUT2D eigenvalue weighted by atomic mass is 35.5. The van der Waals surface area contributed by atoms with Crippen LogP contribution in [0.3, 0.4) is 0 Å². The Morgan fingerprint density at radius 1 is 1.25 bits per heavy atom. The first kappa shape index (κ1) is 19.0. The van der Waals surface area contributed by atoms with Gasteiger partial charge in [-0.05, 0) is 44.5 Å². The van der Waals surface area contributed by atoms with Crippen LogP contribution in [0.15, 0.2) is 36.9 Å². The van der Waals surface area contributed by atoms with E-state index in [4.69, 9.17) is 9.47 Å². The summed E-state index contributed by atoms with van der Waals surface area (Å²) in [4.78, 5) is 0. The van der Waals surface area contributed by atoms with Crippen molar-refractivity contribution in [2.24, 2.45) is 0 Å². The normalized spacial score (nSPS) is 10.2. The van der Waals surface area contributed by atoms with Crippen molar-refractivity contribution in [3.8, 4) is 5.75 Å². The van der Waals surface area contributed by atoms with Crippen LogP contribution in [0.5, 0.6) is 5.75 Å². The average Bonchev–Trinajstić information content (AvgIpc) is 2.41. The van der Waals surface area contributed by atoms with E-state index in [0.717, 1.165) is 31.9 Å². The van der Waals surface area contributed by atoms with E-state index in [1.54, 1.807) is 6.08 Å². The van der Waals surface area contributed by atoms with E-state index in [-0.39, 0.29) is 12.4 Å². The van der Waals surface area contributed by atoms with E-state index in [2.05, 4.69) is 37.9 Å². The van der Waals surface area contributed by atoms with Gasteiger partial charge in [0.2, 0.25) is 0 Å². The third-order valence-corrected chi connectivity index (χ3v) is 2.57. The van der Waals surface area contributed by atoms with E-state index in [1.165, 1.54) is 5.56 Å². The standard InChI is InChI=1S/C16H25NO2.ClH/c1-4-11-19-16-8-6-15(7-9-16)13-17-10-5-12-18-14(2)3;/h4,6-9,14,17H,1,5,10-13H2,2-3H3;1H. The van der Waals surface area contributed by atoms with Crippen molar-refractivity contribution < 1.29 is 9.47 Å². The summed E-state index contributed by atoms with van der Waals surface area (Å²) < 4.78 is 10.9. The van der Waals surface area contributed by atoms with Crippen LogP contribution in [0.4, 0.5) is 0 Å². The van der Waals surface area contributed by atoms with E-state index >= 15 is 0 Å². The minimum absolute atomic E-state index is 0. The van der Waals surface area contributed by atoms with E-state index in [1.807, 2.05) is 12.1 Å². The molecule has 0 aliphatic rings. The van der Waals surface area contributed by atoms with Crippen molar-refractivity contribution in [3.05, 3.63) is 42.5 Å². The maximum atomic E-state index is 5.48. The zero-order valence-corrected chi connectivity index (χ0v) is 13.2. The number of nitrogens with one attached hydrogen (secondary N) is 1. The van der Waals surface area contributed by atoms with Crippen LogP contribution in [0, 0.1) is 0 Å². The molecule has 0 radical (unpaired) electrons. The van der Waals surface area contributed by atoms with Crippen LogP contribution in [-0.2, 0) is 11.3 Å². The fraction of sp³-hybridized carbons (Fsp3) is 0.500. The molecule has 0 heterocycles. The third kappa shape index (κ3) is 8.97. The molecule has 1 rings (SSSR count). The number of rotatable bonds is 10. The molecule has 0 aromatic heterocycles. The van der Waals surface area contributed by atoms with Gasteiger partial charge in [0.25, 0.3) is 0 Å². The Balaban J connectivity index is 0.00000361. The topological polar surface area (TPSA) is 30.5 Å². The Morgan fingerprint density at radius 2 is 1.95 bits per heavy atom. The van der Waals surface area contributed by atoms with Crippen molar-refractivity contribution in [3.63, 3.8) is 0 Å². The monoisotopic (exact) mass is 299 g/mol. The lowest BCUT2D eigenvalue weighted by molar-refractivity contribution is 0.0770. The highest BCUT2D eigenvalue weighted by Gasteiger charge is 1.96. The van der Waals surface area contributed by atoms with Gasteiger partial charge in [-0.2, -0.15) is 0 Å². The van der Waals surface area contributed by atoms with Gasteiger partial charge in [0.05, 0.1) is 6.10 Å².